The third-order valence-corrected chi connectivity index (χ3v) is 10.2. The summed E-state index contributed by atoms with van der Waals surface area (Å²) in [5.41, 5.74) is 10.1. The molecule has 0 aromatic heterocycles. The summed E-state index contributed by atoms with van der Waals surface area (Å²) < 4.78 is 6.64. The molecule has 3 aliphatic rings. The number of ether oxygens (including phenoxy) is 1. The van der Waals surface area contributed by atoms with E-state index < -0.39 is 5.41 Å². The molecule has 1 aliphatic carbocycles. The van der Waals surface area contributed by atoms with Crippen molar-refractivity contribution in [1.29, 1.82) is 0 Å². The minimum Gasteiger partial charge on any atom is -0.457 e. The highest BCUT2D eigenvalue weighted by atomic mass is 16.5. The molecule has 1 spiro atoms. The zero-order chi connectivity index (χ0) is 31.7. The molecule has 10 rings (SSSR count). The van der Waals surface area contributed by atoms with Gasteiger partial charge in [0.1, 0.15) is 29.7 Å². The number of nitrogens with zero attached hydrogens (tertiary/aromatic N) is 1. The van der Waals surface area contributed by atoms with Gasteiger partial charge in [0, 0.05) is 16.7 Å². The van der Waals surface area contributed by atoms with Crippen molar-refractivity contribution in [3.63, 3.8) is 0 Å². The second kappa shape index (κ2) is 10.5. The molecule has 0 amide bonds. The van der Waals surface area contributed by atoms with Crippen LogP contribution in [0, 0.1) is 0 Å². The van der Waals surface area contributed by atoms with E-state index in [0.29, 0.717) is 0 Å². The maximum atomic E-state index is 6.64. The molecule has 0 saturated carbocycles. The van der Waals surface area contributed by atoms with Crippen molar-refractivity contribution in [1.82, 2.24) is 10.6 Å². The van der Waals surface area contributed by atoms with Gasteiger partial charge < -0.3 is 10.1 Å². The van der Waals surface area contributed by atoms with Gasteiger partial charge in [-0.15, -0.1) is 0 Å². The van der Waals surface area contributed by atoms with Gasteiger partial charge in [0.05, 0.1) is 5.41 Å². The van der Waals surface area contributed by atoms with Crippen LogP contribution in [0.15, 0.2) is 169 Å². The predicted molar refractivity (Wildman–Crippen MR) is 193 cm³/mol. The van der Waals surface area contributed by atoms with E-state index in [1.807, 2.05) is 6.07 Å². The van der Waals surface area contributed by atoms with E-state index in [1.54, 1.807) is 0 Å². The van der Waals surface area contributed by atoms with Crippen LogP contribution in [-0.4, -0.2) is 5.84 Å². The standard InChI is InChI=1S/C44H31N3O/c1-3-14-29(15-4-1)41-45-42(30-16-5-2-6-17-30)47-43(46-41)31-24-25-33-34-26-23-28-13-7-8-18-32(28)40(34)44(37(33)27-31)35-19-9-11-21-38(35)48-39-22-12-10-20-36(39)44/h1-27,41,43,46H,(H,45,47). The summed E-state index contributed by atoms with van der Waals surface area (Å²) >= 11 is 0. The van der Waals surface area contributed by atoms with Crippen LogP contribution in [0.3, 0.4) is 0 Å². The smallest absolute Gasteiger partial charge is 0.132 e. The van der Waals surface area contributed by atoms with Crippen LogP contribution >= 0.6 is 0 Å². The third-order valence-electron chi connectivity index (χ3n) is 10.2. The molecule has 2 heterocycles. The molecule has 4 heteroatoms. The fourth-order valence-electron chi connectivity index (χ4n) is 8.16. The van der Waals surface area contributed by atoms with Crippen LogP contribution in [0.4, 0.5) is 0 Å². The van der Waals surface area contributed by atoms with Gasteiger partial charge in [0.15, 0.2) is 0 Å². The fraction of sp³-hybridized carbons (Fsp3) is 0.0682. The zero-order valence-corrected chi connectivity index (χ0v) is 26.1. The highest BCUT2D eigenvalue weighted by Crippen LogP contribution is 2.63. The molecule has 0 saturated heterocycles. The summed E-state index contributed by atoms with van der Waals surface area (Å²) in [6, 6.07) is 58.4. The Morgan fingerprint density at radius 2 is 1.19 bits per heavy atom. The van der Waals surface area contributed by atoms with Gasteiger partial charge in [0.2, 0.25) is 0 Å². The molecular formula is C44H31N3O. The van der Waals surface area contributed by atoms with Gasteiger partial charge in [0.25, 0.3) is 0 Å². The van der Waals surface area contributed by atoms with Crippen LogP contribution in [0.5, 0.6) is 11.5 Å². The summed E-state index contributed by atoms with van der Waals surface area (Å²) in [5, 5.41) is 10.00. The van der Waals surface area contributed by atoms with E-state index in [0.717, 1.165) is 45.2 Å². The lowest BCUT2D eigenvalue weighted by Crippen LogP contribution is -2.45. The Morgan fingerprint density at radius 1 is 0.542 bits per heavy atom. The van der Waals surface area contributed by atoms with Crippen molar-refractivity contribution in [2.75, 3.05) is 0 Å². The molecule has 0 radical (unpaired) electrons. The predicted octanol–water partition coefficient (Wildman–Crippen LogP) is 9.65. The molecule has 7 aromatic rings. The van der Waals surface area contributed by atoms with Gasteiger partial charge in [-0.25, -0.2) is 4.99 Å². The summed E-state index contributed by atoms with van der Waals surface area (Å²) in [7, 11) is 0. The third kappa shape index (κ3) is 3.90. The number of aliphatic imine (C=N–C) groups is 1. The first-order valence-electron chi connectivity index (χ1n) is 16.5. The largest absolute Gasteiger partial charge is 0.457 e. The van der Waals surface area contributed by atoms with Gasteiger partial charge in [-0.1, -0.05) is 152 Å². The number of hydrogen-bond donors (Lipinski definition) is 2. The number of amidine groups is 1. The number of rotatable bonds is 3. The molecule has 228 valence electrons. The minimum absolute atomic E-state index is 0.114. The second-order valence-corrected chi connectivity index (χ2v) is 12.8. The Labute approximate surface area is 279 Å². The van der Waals surface area contributed by atoms with Gasteiger partial charge in [-0.2, -0.15) is 0 Å². The lowest BCUT2D eigenvalue weighted by Gasteiger charge is -2.40. The monoisotopic (exact) mass is 617 g/mol. The lowest BCUT2D eigenvalue weighted by atomic mass is 9.65. The topological polar surface area (TPSA) is 45.6 Å². The molecule has 2 aliphatic heterocycles. The maximum absolute atomic E-state index is 6.64. The molecular weight excluding hydrogens is 587 g/mol. The normalized spacial score (nSPS) is 18.1. The fourth-order valence-corrected chi connectivity index (χ4v) is 8.16. The number of benzene rings is 7. The van der Waals surface area contributed by atoms with Crippen LogP contribution in [0.1, 0.15) is 51.3 Å². The summed E-state index contributed by atoms with van der Waals surface area (Å²) in [6.45, 7) is 0. The Bertz CT molecular complexity index is 2350. The van der Waals surface area contributed by atoms with Crippen molar-refractivity contribution in [3.05, 3.63) is 203 Å². The first-order chi connectivity index (χ1) is 23.8. The highest BCUT2D eigenvalue weighted by molar-refractivity contribution is 6.01. The minimum atomic E-state index is -0.579. The highest BCUT2D eigenvalue weighted by Gasteiger charge is 2.52. The van der Waals surface area contributed by atoms with Crippen molar-refractivity contribution >= 4 is 16.6 Å². The Balaban J connectivity index is 1.24. The number of fused-ring (bicyclic) bond motifs is 11. The van der Waals surface area contributed by atoms with Crippen LogP contribution in [-0.2, 0) is 5.41 Å². The van der Waals surface area contributed by atoms with Gasteiger partial charge in [-0.05, 0) is 56.3 Å². The van der Waals surface area contributed by atoms with Crippen molar-refractivity contribution in [2.45, 2.75) is 17.7 Å². The maximum Gasteiger partial charge on any atom is 0.132 e. The average Bonchev–Trinajstić information content (AvgIpc) is 3.46. The molecule has 48 heavy (non-hydrogen) atoms. The number of hydrogen-bond acceptors (Lipinski definition) is 4. The number of nitrogens with one attached hydrogen (secondary N) is 2. The van der Waals surface area contributed by atoms with Crippen LogP contribution < -0.4 is 15.4 Å². The average molecular weight is 618 g/mol. The molecule has 2 unspecified atom stereocenters. The van der Waals surface area contributed by atoms with Crippen molar-refractivity contribution < 1.29 is 4.74 Å². The number of para-hydroxylation sites is 2. The van der Waals surface area contributed by atoms with Crippen molar-refractivity contribution in [3.8, 4) is 22.6 Å². The van der Waals surface area contributed by atoms with Gasteiger partial charge in [-0.3, -0.25) is 5.32 Å². The first-order valence-corrected chi connectivity index (χ1v) is 16.5. The van der Waals surface area contributed by atoms with E-state index in [9.17, 15) is 0 Å². The Hall–Kier alpha value is -5.97. The van der Waals surface area contributed by atoms with Crippen molar-refractivity contribution in [2.24, 2.45) is 4.99 Å². The molecule has 7 aromatic carbocycles. The molecule has 4 nitrogen and oxygen atoms in total. The van der Waals surface area contributed by atoms with Crippen LogP contribution in [0.2, 0.25) is 0 Å². The molecule has 2 N–H and O–H groups in total. The Morgan fingerprint density at radius 3 is 1.96 bits per heavy atom. The molecule has 0 bridgehead atoms. The lowest BCUT2D eigenvalue weighted by molar-refractivity contribution is 0.408. The van der Waals surface area contributed by atoms with E-state index in [4.69, 9.17) is 9.73 Å². The first kappa shape index (κ1) is 27.2. The summed E-state index contributed by atoms with van der Waals surface area (Å²) in [4.78, 5) is 5.31. The SMILES string of the molecule is c1ccc(C2=NC(c3ccc4c(c3)C3(c5ccccc5Oc5ccccc53)c3c-4ccc4ccccc34)NC(c3ccccc3)N2)cc1. The van der Waals surface area contributed by atoms with E-state index in [-0.39, 0.29) is 12.3 Å². The van der Waals surface area contributed by atoms with E-state index in [2.05, 4.69) is 168 Å². The second-order valence-electron chi connectivity index (χ2n) is 12.8. The van der Waals surface area contributed by atoms with E-state index >= 15 is 0 Å². The quantitative estimate of drug-likeness (QED) is 0.208. The Kier molecular flexibility index (Phi) is 5.96. The van der Waals surface area contributed by atoms with Crippen LogP contribution in [0.25, 0.3) is 21.9 Å². The summed E-state index contributed by atoms with van der Waals surface area (Å²) in [6.07, 6.45) is -0.392. The molecule has 0 fully saturated rings. The summed E-state index contributed by atoms with van der Waals surface area (Å²) in [5.74, 6) is 2.66. The zero-order valence-electron chi connectivity index (χ0n) is 26.1. The van der Waals surface area contributed by atoms with Gasteiger partial charge >= 0.3 is 0 Å². The molecule has 2 atom stereocenters. The van der Waals surface area contributed by atoms with E-state index in [1.165, 1.54) is 33.0 Å².